The van der Waals surface area contributed by atoms with Gasteiger partial charge in [0.05, 0.1) is 5.69 Å². The molecule has 1 aromatic carbocycles. The highest BCUT2D eigenvalue weighted by molar-refractivity contribution is 5.99. The topological polar surface area (TPSA) is 117 Å². The van der Waals surface area contributed by atoms with Gasteiger partial charge in [-0.25, -0.2) is 4.98 Å². The van der Waals surface area contributed by atoms with Crippen LogP contribution in [0.1, 0.15) is 65.7 Å². The number of halogens is 1. The van der Waals surface area contributed by atoms with Gasteiger partial charge in [0, 0.05) is 41.8 Å². The molecule has 3 aliphatic carbocycles. The van der Waals surface area contributed by atoms with Crippen molar-refractivity contribution in [1.29, 1.82) is 0 Å². The van der Waals surface area contributed by atoms with E-state index in [1.807, 2.05) is 0 Å². The molecule has 0 radical (unpaired) electrons. The van der Waals surface area contributed by atoms with Gasteiger partial charge in [0.1, 0.15) is 18.5 Å². The summed E-state index contributed by atoms with van der Waals surface area (Å²) in [5.41, 5.74) is 4.26. The average Bonchev–Trinajstić information content (AvgIpc) is 3.80. The summed E-state index contributed by atoms with van der Waals surface area (Å²) in [6, 6.07) is 6.76. The summed E-state index contributed by atoms with van der Waals surface area (Å²) in [6.45, 7) is 1.42. The Kier molecular flexibility index (Phi) is 4.82. The fourth-order valence-electron chi connectivity index (χ4n) is 5.07. The molecule has 10 heteroatoms. The molecule has 3 aromatic rings. The van der Waals surface area contributed by atoms with E-state index in [1.165, 1.54) is 36.4 Å². The second kappa shape index (κ2) is 7.99. The number of carbonyl (C=O) groups excluding carboxylic acids is 1. The second-order valence-corrected chi connectivity index (χ2v) is 10.7. The van der Waals surface area contributed by atoms with Crippen LogP contribution in [0.15, 0.2) is 35.1 Å². The van der Waals surface area contributed by atoms with Crippen molar-refractivity contribution in [3.8, 4) is 0 Å². The minimum atomic E-state index is -0.533. The van der Waals surface area contributed by atoms with Crippen molar-refractivity contribution >= 4 is 29.4 Å². The van der Waals surface area contributed by atoms with Gasteiger partial charge in [0.2, 0.25) is 5.95 Å². The smallest absolute Gasteiger partial charge is 0.300 e. The van der Waals surface area contributed by atoms with Gasteiger partial charge in [0.15, 0.2) is 5.82 Å². The summed E-state index contributed by atoms with van der Waals surface area (Å²) in [5.74, 6) is 0.371. The van der Waals surface area contributed by atoms with Crippen molar-refractivity contribution in [3.05, 3.63) is 53.0 Å². The third-order valence-corrected chi connectivity index (χ3v) is 7.89. The van der Waals surface area contributed by atoms with Crippen LogP contribution in [0.3, 0.4) is 0 Å². The Labute approximate surface area is 207 Å². The summed E-state index contributed by atoms with van der Waals surface area (Å²) in [6.07, 6.45) is 8.90. The van der Waals surface area contributed by atoms with Gasteiger partial charge in [-0.3, -0.25) is 14.5 Å². The Morgan fingerprint density at radius 3 is 2.78 bits per heavy atom. The molecule has 0 atom stereocenters. The van der Waals surface area contributed by atoms with Crippen LogP contribution in [0.4, 0.5) is 27.9 Å². The van der Waals surface area contributed by atoms with E-state index in [-0.39, 0.29) is 23.8 Å². The Morgan fingerprint density at radius 2 is 2.03 bits per heavy atom. The van der Waals surface area contributed by atoms with Crippen LogP contribution in [-0.2, 0) is 17.4 Å². The molecule has 1 aliphatic heterocycles. The van der Waals surface area contributed by atoms with E-state index in [0.717, 1.165) is 44.5 Å². The first kappa shape index (κ1) is 21.7. The zero-order chi connectivity index (χ0) is 24.3. The van der Waals surface area contributed by atoms with Gasteiger partial charge in [-0.1, -0.05) is 6.07 Å². The van der Waals surface area contributed by atoms with Gasteiger partial charge < -0.3 is 20.4 Å². The molecular weight excluding hydrogens is 461 g/mol. The van der Waals surface area contributed by atoms with Crippen molar-refractivity contribution in [2.24, 2.45) is 0 Å². The number of aromatic nitrogens is 3. The normalized spacial score (nSPS) is 20.5. The first-order valence-electron chi connectivity index (χ1n) is 12.6. The third-order valence-electron chi connectivity index (χ3n) is 7.89. The number of amides is 1. The van der Waals surface area contributed by atoms with E-state index in [2.05, 4.69) is 54.4 Å². The Hall–Kier alpha value is -3.53. The number of hydrogen-bond acceptors (Lipinski definition) is 8. The zero-order valence-electron chi connectivity index (χ0n) is 19.9. The van der Waals surface area contributed by atoms with Gasteiger partial charge in [-0.05, 0) is 61.8 Å². The molecule has 0 bridgehead atoms. The van der Waals surface area contributed by atoms with Gasteiger partial charge in [-0.2, -0.15) is 9.97 Å². The molecule has 4 aliphatic rings. The van der Waals surface area contributed by atoms with Crippen LogP contribution >= 0.6 is 0 Å². The van der Waals surface area contributed by atoms with Crippen molar-refractivity contribution < 1.29 is 13.6 Å². The standard InChI is InChI=1S/C26H28FN7O2/c27-13-25(5-6-25)20-12-36-24(32-20)34-21-18(22(35)30-16-1-2-16)11-29-23(33-21)31-17-3-4-19-15(9-17)10-28-14-26(19)7-8-26/h3-4,9,11-12,16,28H,1-2,5-8,10,13-14H2,(H,30,35)(H2,29,31,32,33,34). The fraction of sp³-hybridized carbons (Fsp3) is 0.462. The third kappa shape index (κ3) is 3.89. The number of alkyl halides is 1. The molecule has 3 saturated carbocycles. The lowest BCUT2D eigenvalue weighted by atomic mass is 9.88. The van der Waals surface area contributed by atoms with Crippen LogP contribution in [0.5, 0.6) is 0 Å². The molecule has 4 N–H and O–H groups in total. The fourth-order valence-corrected chi connectivity index (χ4v) is 5.07. The number of hydrogen-bond donors (Lipinski definition) is 4. The average molecular weight is 490 g/mol. The van der Waals surface area contributed by atoms with Crippen molar-refractivity contribution in [3.63, 3.8) is 0 Å². The molecule has 1 spiro atoms. The Morgan fingerprint density at radius 1 is 1.17 bits per heavy atom. The number of benzene rings is 1. The maximum atomic E-state index is 13.5. The lowest BCUT2D eigenvalue weighted by Crippen LogP contribution is -2.33. The highest BCUT2D eigenvalue weighted by Crippen LogP contribution is 2.51. The number of oxazole rings is 1. The number of nitrogens with one attached hydrogen (secondary N) is 4. The molecule has 3 fully saturated rings. The minimum absolute atomic E-state index is 0.171. The maximum absolute atomic E-state index is 13.5. The van der Waals surface area contributed by atoms with Gasteiger partial charge in [0.25, 0.3) is 5.91 Å². The number of anilines is 4. The van der Waals surface area contributed by atoms with E-state index < -0.39 is 12.1 Å². The maximum Gasteiger partial charge on any atom is 0.300 e. The monoisotopic (exact) mass is 489 g/mol. The van der Waals surface area contributed by atoms with Gasteiger partial charge in [-0.15, -0.1) is 0 Å². The van der Waals surface area contributed by atoms with Crippen LogP contribution in [-0.4, -0.2) is 40.1 Å². The lowest BCUT2D eigenvalue weighted by Gasteiger charge is -2.26. The SMILES string of the molecule is O=C(NC1CC1)c1cnc(Nc2ccc3c(c2)CNCC32CC2)nc1Nc1nc(C2(CF)CC2)co1. The number of rotatable bonds is 8. The first-order chi connectivity index (χ1) is 17.6. The minimum Gasteiger partial charge on any atom is -0.432 e. The van der Waals surface area contributed by atoms with E-state index >= 15 is 0 Å². The molecule has 3 heterocycles. The van der Waals surface area contributed by atoms with E-state index in [1.54, 1.807) is 0 Å². The van der Waals surface area contributed by atoms with Crippen molar-refractivity contribution in [1.82, 2.24) is 25.6 Å². The molecule has 7 rings (SSSR count). The molecule has 2 aromatic heterocycles. The highest BCUT2D eigenvalue weighted by atomic mass is 19.1. The van der Waals surface area contributed by atoms with Crippen LogP contribution in [0.25, 0.3) is 0 Å². The first-order valence-corrected chi connectivity index (χ1v) is 12.6. The summed E-state index contributed by atoms with van der Waals surface area (Å²) in [5, 5.41) is 12.8. The van der Waals surface area contributed by atoms with Crippen LogP contribution in [0.2, 0.25) is 0 Å². The molecule has 36 heavy (non-hydrogen) atoms. The molecule has 1 amide bonds. The predicted octanol–water partition coefficient (Wildman–Crippen LogP) is 3.98. The number of carbonyl (C=O) groups is 1. The summed E-state index contributed by atoms with van der Waals surface area (Å²) >= 11 is 0. The second-order valence-electron chi connectivity index (χ2n) is 10.7. The molecule has 0 unspecified atom stereocenters. The van der Waals surface area contributed by atoms with Gasteiger partial charge >= 0.3 is 6.01 Å². The zero-order valence-corrected chi connectivity index (χ0v) is 19.9. The van der Waals surface area contributed by atoms with Crippen molar-refractivity contribution in [2.45, 2.75) is 61.9 Å². The molecule has 186 valence electrons. The summed E-state index contributed by atoms with van der Waals surface area (Å²) < 4.78 is 19.0. The van der Waals surface area contributed by atoms with Crippen LogP contribution < -0.4 is 21.3 Å². The van der Waals surface area contributed by atoms with E-state index in [9.17, 15) is 9.18 Å². The van der Waals surface area contributed by atoms with Crippen molar-refractivity contribution in [2.75, 3.05) is 23.9 Å². The Balaban J connectivity index is 1.16. The van der Waals surface area contributed by atoms with Crippen LogP contribution in [0, 0.1) is 0 Å². The lowest BCUT2D eigenvalue weighted by molar-refractivity contribution is 0.0951. The number of nitrogens with zero attached hydrogens (tertiary/aromatic N) is 3. The quantitative estimate of drug-likeness (QED) is 0.375. The molecule has 0 saturated heterocycles. The number of fused-ring (bicyclic) bond motifs is 2. The highest BCUT2D eigenvalue weighted by Gasteiger charge is 2.47. The molecular formula is C26H28FN7O2. The Bertz CT molecular complexity index is 1340. The predicted molar refractivity (Wildman–Crippen MR) is 132 cm³/mol. The van der Waals surface area contributed by atoms with E-state index in [4.69, 9.17) is 4.42 Å². The summed E-state index contributed by atoms with van der Waals surface area (Å²) in [4.78, 5) is 26.3. The summed E-state index contributed by atoms with van der Waals surface area (Å²) in [7, 11) is 0. The van der Waals surface area contributed by atoms with E-state index in [0.29, 0.717) is 22.6 Å². The molecule has 9 nitrogen and oxygen atoms in total. The largest absolute Gasteiger partial charge is 0.432 e.